The van der Waals surface area contributed by atoms with Gasteiger partial charge >= 0.3 is 30.4 Å². The Bertz CT molecular complexity index is 498. The van der Waals surface area contributed by atoms with Gasteiger partial charge in [0.05, 0.1) is 23.7 Å². The molecule has 0 radical (unpaired) electrons. The monoisotopic (exact) mass is 473 g/mol. The van der Waals surface area contributed by atoms with Crippen LogP contribution < -0.4 is 29.4 Å². The topological polar surface area (TPSA) is 266 Å². The first-order valence-corrected chi connectivity index (χ1v) is 11.1. The molecule has 0 heterocycles. The number of halogens is 2. The summed E-state index contributed by atoms with van der Waals surface area (Å²) in [6.45, 7) is 0. The first kappa shape index (κ1) is 37.4. The van der Waals surface area contributed by atoms with Gasteiger partial charge in [-0.2, -0.15) is 0 Å². The average Bonchev–Trinajstić information content (AvgIpc) is 2.35. The number of rotatable bonds is 6. The molecule has 0 aliphatic heterocycles. The van der Waals surface area contributed by atoms with Gasteiger partial charge < -0.3 is 57.8 Å². The van der Waals surface area contributed by atoms with Crippen LogP contribution in [0.4, 0.5) is 0 Å². The van der Waals surface area contributed by atoms with Crippen molar-refractivity contribution < 1.29 is 66.0 Å². The molecule has 0 bridgehead atoms. The summed E-state index contributed by atoms with van der Waals surface area (Å²) in [7, 11) is -21.7. The normalized spacial score (nSPS) is 18.3. The number of aliphatic hydroxyl groups excluding tert-OH is 2. The fourth-order valence-electron chi connectivity index (χ4n) is 0.418. The second-order valence-electron chi connectivity index (χ2n) is 2.99. The van der Waals surface area contributed by atoms with Crippen molar-refractivity contribution in [1.29, 1.82) is 0 Å². The molecule has 0 aliphatic rings. The fourth-order valence-corrected chi connectivity index (χ4v) is 4.40. The quantitative estimate of drug-likeness (QED) is 0.269. The summed E-state index contributed by atoms with van der Waals surface area (Å²) in [4.78, 5) is 59.8. The second-order valence-corrected chi connectivity index (χ2v) is 11.2. The van der Waals surface area contributed by atoms with Crippen molar-refractivity contribution in [2.24, 2.45) is 0 Å². The molecule has 4 atom stereocenters. The first-order valence-electron chi connectivity index (χ1n) is 4.05. The van der Waals surface area contributed by atoms with Crippen LogP contribution in [0.25, 0.3) is 0 Å². The van der Waals surface area contributed by atoms with Crippen molar-refractivity contribution >= 4 is 84.5 Å². The molecule has 23 heteroatoms. The van der Waals surface area contributed by atoms with Crippen LogP contribution in [0.1, 0.15) is 0 Å². The molecule has 136 valence electrons. The minimum atomic E-state index is -5.62. The van der Waals surface area contributed by atoms with E-state index < -0.39 is 41.6 Å². The van der Waals surface area contributed by atoms with E-state index in [0.29, 0.717) is 0 Å². The third kappa shape index (κ3) is 14.3. The van der Waals surface area contributed by atoms with Gasteiger partial charge in [0.1, 0.15) is 11.2 Å². The van der Waals surface area contributed by atoms with Crippen molar-refractivity contribution in [3.05, 3.63) is 0 Å². The Kier molecular flexibility index (Phi) is 20.5. The van der Waals surface area contributed by atoms with Gasteiger partial charge in [-0.25, -0.2) is 8.15 Å². The largest absolute Gasteiger partial charge is 2.00 e. The van der Waals surface area contributed by atoms with Gasteiger partial charge in [-0.1, -0.05) is 0 Å². The molecule has 0 aromatic rings. The Hall–Kier alpha value is 1.61. The van der Waals surface area contributed by atoms with Crippen molar-refractivity contribution in [2.75, 3.05) is 0 Å². The average molecular weight is 474 g/mol. The summed E-state index contributed by atoms with van der Waals surface area (Å²) in [6, 6.07) is 0. The molecular weight excluding hydrogens is 470 g/mol. The van der Waals surface area contributed by atoms with Crippen LogP contribution in [-0.4, -0.2) is 51.7 Å². The zero-order valence-corrected chi connectivity index (χ0v) is 16.7. The van der Waals surface area contributed by atoms with Crippen LogP contribution >= 0.6 is 54.1 Å². The second kappa shape index (κ2) is 13.7. The van der Waals surface area contributed by atoms with Crippen LogP contribution in [0.3, 0.4) is 0 Å². The summed E-state index contributed by atoms with van der Waals surface area (Å²) in [5, 5.41) is 16.5. The van der Waals surface area contributed by atoms with E-state index in [1.165, 1.54) is 0 Å². The van der Waals surface area contributed by atoms with Crippen molar-refractivity contribution in [3.63, 3.8) is 0 Å². The van der Waals surface area contributed by atoms with E-state index in [1.807, 2.05) is 0 Å². The minimum absolute atomic E-state index is 0. The van der Waals surface area contributed by atoms with Gasteiger partial charge in [-0.3, -0.25) is 0 Å². The van der Waals surface area contributed by atoms with E-state index in [2.05, 4.69) is 31.9 Å². The molecule has 0 spiro atoms. The predicted octanol–water partition coefficient (Wildman–Crippen LogP) is -5.34. The summed E-state index contributed by atoms with van der Waals surface area (Å²) < 4.78 is 46.2. The molecule has 0 rings (SSSR count). The Balaban J connectivity index is -0.0000000952. The summed E-state index contributed by atoms with van der Waals surface area (Å²) >= 11 is 8.52. The Labute approximate surface area is 161 Å². The van der Waals surface area contributed by atoms with Gasteiger partial charge in [0.2, 0.25) is 0 Å². The maximum Gasteiger partial charge on any atom is 2.00 e. The van der Waals surface area contributed by atoms with Gasteiger partial charge in [-0.15, -0.1) is 0 Å². The van der Waals surface area contributed by atoms with Crippen LogP contribution in [-0.2, 0) is 26.4 Å². The van der Waals surface area contributed by atoms with Crippen LogP contribution in [0.2, 0.25) is 0 Å². The Morgan fingerprint density at radius 2 is 0.800 bits per heavy atom. The van der Waals surface area contributed by atoms with Gasteiger partial charge in [0.25, 0.3) is 0 Å². The zero-order valence-electron chi connectivity index (χ0n) is 11.6. The molecule has 14 nitrogen and oxygen atoms in total. The maximum atomic E-state index is 10.2. The molecule has 0 aromatic carbocycles. The molecule has 0 amide bonds. The van der Waals surface area contributed by atoms with Crippen molar-refractivity contribution in [2.45, 2.75) is 11.2 Å². The summed E-state index contributed by atoms with van der Waals surface area (Å²) in [5.41, 5.74) is -6.26. The SMILES string of the molecule is O=P([O-])([O-])C(O)P(=O)([O-])OCl.O=P([O-])([O-])C(O)P(=O)([O-])OCl.[Be+2].[Be+2].[Be+2]. The molecule has 25 heavy (non-hydrogen) atoms. The maximum absolute atomic E-state index is 10.2. The fraction of sp³-hybridized carbons (Fsp3) is 1.00. The van der Waals surface area contributed by atoms with E-state index >= 15 is 0 Å². The van der Waals surface area contributed by atoms with E-state index in [4.69, 9.17) is 10.2 Å². The van der Waals surface area contributed by atoms with Crippen molar-refractivity contribution in [1.82, 2.24) is 0 Å². The predicted molar refractivity (Wildman–Crippen MR) is 73.6 cm³/mol. The van der Waals surface area contributed by atoms with Crippen molar-refractivity contribution in [3.8, 4) is 0 Å². The minimum Gasteiger partial charge on any atom is -0.809 e. The standard InChI is InChI=1S/2CH5ClO7P2.3Be/c2*2-9-11(7,8)1(3)10(4,5)6;;;/h2*1,3H,(H,7,8)(H2,4,5,6);;;/q;;3*+2/p-6. The molecule has 0 aliphatic carbocycles. The third-order valence-corrected chi connectivity index (χ3v) is 8.52. The summed E-state index contributed by atoms with van der Waals surface area (Å²) in [5.74, 6) is 0. The molecule has 0 saturated heterocycles. The molecule has 4 unspecified atom stereocenters. The third-order valence-electron chi connectivity index (χ3n) is 1.32. The zero-order chi connectivity index (χ0) is 18.6. The number of aliphatic hydroxyl groups is 2. The van der Waals surface area contributed by atoms with Gasteiger partial charge in [0, 0.05) is 0 Å². The van der Waals surface area contributed by atoms with Crippen LogP contribution in [0, 0.1) is 0 Å². The smallest absolute Gasteiger partial charge is 0.809 e. The summed E-state index contributed by atoms with van der Waals surface area (Å²) in [6.07, 6.45) is 0. The molecule has 0 fully saturated rings. The van der Waals surface area contributed by atoms with Gasteiger partial charge in [0.15, 0.2) is 15.2 Å². The first-order chi connectivity index (χ1) is 9.43. The van der Waals surface area contributed by atoms with E-state index in [0.717, 1.165) is 0 Å². The number of hydrogen-bond donors (Lipinski definition) is 2. The molecule has 2 N–H and O–H groups in total. The Morgan fingerprint density at radius 3 is 0.840 bits per heavy atom. The molecule has 0 saturated carbocycles. The van der Waals surface area contributed by atoms with E-state index in [9.17, 15) is 47.6 Å². The van der Waals surface area contributed by atoms with E-state index in [-0.39, 0.29) is 30.4 Å². The number of hydrogen-bond acceptors (Lipinski definition) is 14. The van der Waals surface area contributed by atoms with E-state index in [1.54, 1.807) is 0 Å². The Morgan fingerprint density at radius 1 is 0.640 bits per heavy atom. The van der Waals surface area contributed by atoms with Crippen LogP contribution in [0.15, 0.2) is 0 Å². The molecule has 0 aromatic heterocycles. The van der Waals surface area contributed by atoms with Gasteiger partial charge in [-0.05, 0) is 15.2 Å². The molecular formula is C2H4Be3Cl2O14P4. The van der Waals surface area contributed by atoms with Crippen LogP contribution in [0.5, 0.6) is 0 Å².